The molecule has 19 heavy (non-hydrogen) atoms. The summed E-state index contributed by atoms with van der Waals surface area (Å²) in [5, 5.41) is 9.55. The van der Waals surface area contributed by atoms with Crippen molar-refractivity contribution in [3.05, 3.63) is 0 Å². The first-order chi connectivity index (χ1) is 8.84. The number of rotatable bonds is 5. The van der Waals surface area contributed by atoms with Crippen LogP contribution in [0.5, 0.6) is 0 Å². The maximum absolute atomic E-state index is 12.1. The van der Waals surface area contributed by atoms with E-state index in [9.17, 15) is 9.90 Å². The smallest absolute Gasteiger partial charge is 0.222 e. The number of aliphatic hydroxyl groups excluding tert-OH is 1. The van der Waals surface area contributed by atoms with Gasteiger partial charge in [0.05, 0.1) is 6.10 Å². The van der Waals surface area contributed by atoms with Crippen molar-refractivity contribution in [2.45, 2.75) is 72.3 Å². The summed E-state index contributed by atoms with van der Waals surface area (Å²) in [4.78, 5) is 14.1. The first-order valence-corrected chi connectivity index (χ1v) is 7.80. The lowest BCUT2D eigenvalue weighted by atomic mass is 9.77. The van der Waals surface area contributed by atoms with E-state index in [-0.39, 0.29) is 6.10 Å². The van der Waals surface area contributed by atoms with Crippen LogP contribution >= 0.6 is 0 Å². The largest absolute Gasteiger partial charge is 0.393 e. The summed E-state index contributed by atoms with van der Waals surface area (Å²) in [5.74, 6) is 0.945. The highest BCUT2D eigenvalue weighted by Gasteiger charge is 2.29. The van der Waals surface area contributed by atoms with Crippen LogP contribution in [-0.4, -0.2) is 35.1 Å². The van der Waals surface area contributed by atoms with Crippen molar-refractivity contribution in [3.63, 3.8) is 0 Å². The van der Waals surface area contributed by atoms with Crippen LogP contribution in [0.1, 0.15) is 66.2 Å². The van der Waals surface area contributed by atoms with Crippen LogP contribution in [-0.2, 0) is 4.79 Å². The second kappa shape index (κ2) is 7.28. The molecule has 1 N–H and O–H groups in total. The summed E-state index contributed by atoms with van der Waals surface area (Å²) in [6.45, 7) is 10.5. The van der Waals surface area contributed by atoms with Gasteiger partial charge in [0.15, 0.2) is 0 Å². The molecule has 1 fully saturated rings. The Bertz CT molecular complexity index is 283. The molecule has 3 heteroatoms. The van der Waals surface area contributed by atoms with Crippen molar-refractivity contribution in [2.75, 3.05) is 13.1 Å². The monoisotopic (exact) mass is 269 g/mol. The molecule has 1 saturated heterocycles. The van der Waals surface area contributed by atoms with E-state index in [1.54, 1.807) is 0 Å². The number of carbonyl (C=O) groups excluding carboxylic acids is 1. The van der Waals surface area contributed by atoms with E-state index in [2.05, 4.69) is 20.8 Å². The van der Waals surface area contributed by atoms with Gasteiger partial charge in [-0.25, -0.2) is 0 Å². The van der Waals surface area contributed by atoms with E-state index < -0.39 is 0 Å². The molecule has 112 valence electrons. The first kappa shape index (κ1) is 16.5. The fourth-order valence-corrected chi connectivity index (χ4v) is 2.86. The van der Waals surface area contributed by atoms with Crippen LogP contribution in [0.15, 0.2) is 0 Å². The topological polar surface area (TPSA) is 40.5 Å². The lowest BCUT2D eigenvalue weighted by Crippen LogP contribution is -2.32. The van der Waals surface area contributed by atoms with Gasteiger partial charge in [-0.1, -0.05) is 27.7 Å². The fraction of sp³-hybridized carbons (Fsp3) is 0.938. The van der Waals surface area contributed by atoms with Crippen LogP contribution in [0.4, 0.5) is 0 Å². The van der Waals surface area contributed by atoms with Gasteiger partial charge in [-0.15, -0.1) is 0 Å². The van der Waals surface area contributed by atoms with Gasteiger partial charge in [0.2, 0.25) is 5.91 Å². The van der Waals surface area contributed by atoms with Crippen molar-refractivity contribution < 1.29 is 9.90 Å². The molecule has 1 amide bonds. The van der Waals surface area contributed by atoms with Gasteiger partial charge in [0, 0.05) is 19.5 Å². The zero-order chi connectivity index (χ0) is 14.5. The molecule has 0 aromatic carbocycles. The molecular weight excluding hydrogens is 238 g/mol. The van der Waals surface area contributed by atoms with Gasteiger partial charge in [0.1, 0.15) is 0 Å². The number of likely N-dealkylation sites (tertiary alicyclic amines) is 1. The molecule has 1 heterocycles. The number of aliphatic hydroxyl groups is 1. The molecule has 3 nitrogen and oxygen atoms in total. The molecule has 0 radical (unpaired) electrons. The molecule has 0 aliphatic carbocycles. The molecule has 0 aromatic rings. The third-order valence-corrected chi connectivity index (χ3v) is 4.47. The number of carbonyl (C=O) groups is 1. The molecule has 0 spiro atoms. The van der Waals surface area contributed by atoms with Crippen LogP contribution in [0.2, 0.25) is 0 Å². The number of hydrogen-bond donors (Lipinski definition) is 1. The standard InChI is InChI=1S/C16H31NO2/c1-5-14(18)7-6-11-17-12-10-13(16(2,3)4)8-9-15(17)19/h13-14,18H,5-12H2,1-4H3. The van der Waals surface area contributed by atoms with Crippen molar-refractivity contribution in [1.82, 2.24) is 4.90 Å². The third-order valence-electron chi connectivity index (χ3n) is 4.47. The highest BCUT2D eigenvalue weighted by Crippen LogP contribution is 2.34. The van der Waals surface area contributed by atoms with E-state index in [0.717, 1.165) is 45.2 Å². The van der Waals surface area contributed by atoms with E-state index in [1.807, 2.05) is 11.8 Å². The lowest BCUT2D eigenvalue weighted by Gasteiger charge is -2.29. The Morgan fingerprint density at radius 2 is 2.05 bits per heavy atom. The average Bonchev–Trinajstić information content (AvgIpc) is 2.51. The summed E-state index contributed by atoms with van der Waals surface area (Å²) in [6.07, 6.45) is 5.16. The zero-order valence-electron chi connectivity index (χ0n) is 13.1. The highest BCUT2D eigenvalue weighted by molar-refractivity contribution is 5.76. The van der Waals surface area contributed by atoms with Gasteiger partial charge in [-0.05, 0) is 43.4 Å². The lowest BCUT2D eigenvalue weighted by molar-refractivity contribution is -0.130. The predicted molar refractivity (Wildman–Crippen MR) is 78.9 cm³/mol. The Labute approximate surface area is 118 Å². The van der Waals surface area contributed by atoms with Gasteiger partial charge in [0.25, 0.3) is 0 Å². The molecule has 2 unspecified atom stereocenters. The number of hydrogen-bond acceptors (Lipinski definition) is 2. The van der Waals surface area contributed by atoms with E-state index in [4.69, 9.17) is 0 Å². The Kier molecular flexibility index (Phi) is 6.31. The van der Waals surface area contributed by atoms with Gasteiger partial charge < -0.3 is 10.0 Å². The zero-order valence-corrected chi connectivity index (χ0v) is 13.1. The SMILES string of the molecule is CCC(O)CCCN1CCC(C(C)(C)C)CCC1=O. The van der Waals surface area contributed by atoms with Crippen LogP contribution in [0.3, 0.4) is 0 Å². The summed E-state index contributed by atoms with van der Waals surface area (Å²) in [5.41, 5.74) is 0.300. The summed E-state index contributed by atoms with van der Waals surface area (Å²) >= 11 is 0. The predicted octanol–water partition coefficient (Wildman–Crippen LogP) is 3.21. The van der Waals surface area contributed by atoms with Gasteiger partial charge >= 0.3 is 0 Å². The molecule has 0 bridgehead atoms. The number of nitrogens with zero attached hydrogens (tertiary/aromatic N) is 1. The minimum absolute atomic E-state index is 0.204. The summed E-state index contributed by atoms with van der Waals surface area (Å²) < 4.78 is 0. The van der Waals surface area contributed by atoms with Crippen molar-refractivity contribution in [2.24, 2.45) is 11.3 Å². The van der Waals surface area contributed by atoms with Crippen molar-refractivity contribution in [3.8, 4) is 0 Å². The Hall–Kier alpha value is -0.570. The third kappa shape index (κ3) is 5.52. The Morgan fingerprint density at radius 3 is 2.63 bits per heavy atom. The van der Waals surface area contributed by atoms with Crippen molar-refractivity contribution in [1.29, 1.82) is 0 Å². The highest BCUT2D eigenvalue weighted by atomic mass is 16.3. The molecule has 2 atom stereocenters. The summed E-state index contributed by atoms with van der Waals surface area (Å²) in [6, 6.07) is 0. The average molecular weight is 269 g/mol. The van der Waals surface area contributed by atoms with Crippen molar-refractivity contribution >= 4 is 5.91 Å². The van der Waals surface area contributed by atoms with Crippen LogP contribution in [0.25, 0.3) is 0 Å². The Morgan fingerprint density at radius 1 is 1.37 bits per heavy atom. The Balaban J connectivity index is 2.41. The minimum Gasteiger partial charge on any atom is -0.393 e. The maximum atomic E-state index is 12.1. The molecule has 1 aliphatic heterocycles. The normalized spacial score (nSPS) is 23.3. The molecule has 0 saturated carbocycles. The van der Waals surface area contributed by atoms with Crippen LogP contribution < -0.4 is 0 Å². The fourth-order valence-electron chi connectivity index (χ4n) is 2.86. The molecule has 1 rings (SSSR count). The maximum Gasteiger partial charge on any atom is 0.222 e. The van der Waals surface area contributed by atoms with Crippen LogP contribution in [0, 0.1) is 11.3 Å². The quantitative estimate of drug-likeness (QED) is 0.832. The van der Waals surface area contributed by atoms with Gasteiger partial charge in [-0.2, -0.15) is 0 Å². The first-order valence-electron chi connectivity index (χ1n) is 7.80. The van der Waals surface area contributed by atoms with E-state index in [1.165, 1.54) is 0 Å². The number of amides is 1. The summed E-state index contributed by atoms with van der Waals surface area (Å²) in [7, 11) is 0. The van der Waals surface area contributed by atoms with E-state index >= 15 is 0 Å². The van der Waals surface area contributed by atoms with E-state index in [0.29, 0.717) is 23.7 Å². The van der Waals surface area contributed by atoms with Gasteiger partial charge in [-0.3, -0.25) is 4.79 Å². The molecular formula is C16H31NO2. The minimum atomic E-state index is -0.204. The molecule has 0 aromatic heterocycles. The second-order valence-electron chi connectivity index (χ2n) is 6.98. The molecule has 1 aliphatic rings. The second-order valence-corrected chi connectivity index (χ2v) is 6.98.